The van der Waals surface area contributed by atoms with Gasteiger partial charge in [0.15, 0.2) is 17.6 Å². The number of carbonyl (C=O) groups is 1. The Bertz CT molecular complexity index is 602. The fourth-order valence-electron chi connectivity index (χ4n) is 2.08. The molecule has 7 heteroatoms. The second-order valence-electron chi connectivity index (χ2n) is 6.20. The predicted molar refractivity (Wildman–Crippen MR) is 91.7 cm³/mol. The van der Waals surface area contributed by atoms with E-state index >= 15 is 0 Å². The quantitative estimate of drug-likeness (QED) is 0.550. The van der Waals surface area contributed by atoms with Crippen LogP contribution in [-0.2, 0) is 4.79 Å². The number of hydrogen-bond acceptors (Lipinski definition) is 2. The van der Waals surface area contributed by atoms with E-state index in [0.29, 0.717) is 18.1 Å². The third-order valence-electron chi connectivity index (χ3n) is 3.62. The summed E-state index contributed by atoms with van der Waals surface area (Å²) >= 11 is 0. The van der Waals surface area contributed by atoms with Crippen LogP contribution in [0.15, 0.2) is 23.2 Å². The molecule has 0 aliphatic carbocycles. The van der Waals surface area contributed by atoms with Gasteiger partial charge in [-0.3, -0.25) is 9.79 Å². The van der Waals surface area contributed by atoms with Gasteiger partial charge in [-0.05, 0) is 45.4 Å². The first kappa shape index (κ1) is 19.9. The van der Waals surface area contributed by atoms with E-state index < -0.39 is 17.0 Å². The minimum Gasteiger partial charge on any atom is -0.359 e. The molecule has 0 radical (unpaired) electrons. The Morgan fingerprint density at radius 1 is 1.29 bits per heavy atom. The molecular weight excluding hydrogens is 314 g/mol. The molecule has 3 N–H and O–H groups in total. The molecule has 1 atom stereocenters. The van der Waals surface area contributed by atoms with Crippen molar-refractivity contribution in [1.29, 1.82) is 0 Å². The van der Waals surface area contributed by atoms with Crippen LogP contribution in [-0.4, -0.2) is 32.0 Å². The van der Waals surface area contributed by atoms with Crippen LogP contribution in [0.3, 0.4) is 0 Å². The van der Waals surface area contributed by atoms with Crippen LogP contribution in [0, 0.1) is 17.0 Å². The summed E-state index contributed by atoms with van der Waals surface area (Å²) in [5.41, 5.74) is -0.0486. The normalized spacial score (nSPS) is 13.4. The average molecular weight is 340 g/mol. The fourth-order valence-corrected chi connectivity index (χ4v) is 2.08. The van der Waals surface area contributed by atoms with E-state index in [2.05, 4.69) is 20.9 Å². The van der Waals surface area contributed by atoms with Crippen LogP contribution < -0.4 is 16.0 Å². The molecule has 134 valence electrons. The number of nitrogens with zero attached hydrogens (tertiary/aromatic N) is 1. The van der Waals surface area contributed by atoms with E-state index in [1.54, 1.807) is 20.9 Å². The first-order valence-electron chi connectivity index (χ1n) is 7.93. The van der Waals surface area contributed by atoms with Gasteiger partial charge in [0.05, 0.1) is 18.0 Å². The number of carbonyl (C=O) groups excluding carboxylic acids is 1. The predicted octanol–water partition coefficient (Wildman–Crippen LogP) is 2.35. The molecule has 0 bridgehead atoms. The summed E-state index contributed by atoms with van der Waals surface area (Å²) in [4.78, 5) is 16.2. The summed E-state index contributed by atoms with van der Waals surface area (Å²) in [7, 11) is 1.59. The van der Waals surface area contributed by atoms with Crippen molar-refractivity contribution in [3.63, 3.8) is 0 Å². The number of aliphatic imine (C=N–C) groups is 1. The number of amides is 1. The van der Waals surface area contributed by atoms with Crippen LogP contribution in [0.4, 0.5) is 8.78 Å². The Balaban J connectivity index is 2.86. The summed E-state index contributed by atoms with van der Waals surface area (Å²) in [5.74, 6) is -1.36. The summed E-state index contributed by atoms with van der Waals surface area (Å²) in [5, 5.41) is 8.82. The Kier molecular flexibility index (Phi) is 7.13. The number of nitrogens with one attached hydrogen (secondary N) is 3. The molecule has 0 aromatic heterocycles. The van der Waals surface area contributed by atoms with Gasteiger partial charge in [0.1, 0.15) is 0 Å². The Morgan fingerprint density at radius 2 is 1.96 bits per heavy atom. The summed E-state index contributed by atoms with van der Waals surface area (Å²) < 4.78 is 26.4. The molecule has 5 nitrogen and oxygen atoms in total. The zero-order valence-corrected chi connectivity index (χ0v) is 14.8. The molecule has 1 aromatic rings. The van der Waals surface area contributed by atoms with Crippen molar-refractivity contribution in [3.8, 4) is 0 Å². The maximum atomic E-state index is 13.4. The highest BCUT2D eigenvalue weighted by Gasteiger charge is 2.26. The Hall–Kier alpha value is -2.18. The van der Waals surface area contributed by atoms with Gasteiger partial charge in [0, 0.05) is 13.6 Å². The smallest absolute Gasteiger partial charge is 0.227 e. The fraction of sp³-hybridized carbons (Fsp3) is 0.529. The second kappa shape index (κ2) is 8.61. The highest BCUT2D eigenvalue weighted by Crippen LogP contribution is 2.17. The summed E-state index contributed by atoms with van der Waals surface area (Å²) in [6, 6.07) is 3.50. The highest BCUT2D eigenvalue weighted by atomic mass is 19.2. The van der Waals surface area contributed by atoms with Crippen LogP contribution in [0.1, 0.15) is 39.3 Å². The molecule has 0 saturated heterocycles. The third kappa shape index (κ3) is 5.47. The van der Waals surface area contributed by atoms with Crippen molar-refractivity contribution in [1.82, 2.24) is 16.0 Å². The van der Waals surface area contributed by atoms with E-state index in [1.807, 2.05) is 13.8 Å². The molecular formula is C17H26F2N4O. The number of benzene rings is 1. The van der Waals surface area contributed by atoms with Crippen molar-refractivity contribution >= 4 is 11.9 Å². The van der Waals surface area contributed by atoms with E-state index in [-0.39, 0.29) is 18.5 Å². The topological polar surface area (TPSA) is 65.5 Å². The van der Waals surface area contributed by atoms with Gasteiger partial charge in [-0.15, -0.1) is 0 Å². The van der Waals surface area contributed by atoms with E-state index in [0.717, 1.165) is 12.1 Å². The highest BCUT2D eigenvalue weighted by molar-refractivity contribution is 5.83. The van der Waals surface area contributed by atoms with Crippen LogP contribution in [0.25, 0.3) is 0 Å². The van der Waals surface area contributed by atoms with Crippen molar-refractivity contribution in [2.75, 3.05) is 20.1 Å². The third-order valence-corrected chi connectivity index (χ3v) is 3.62. The second-order valence-corrected chi connectivity index (χ2v) is 6.20. The Labute approximate surface area is 141 Å². The number of guanidine groups is 1. The van der Waals surface area contributed by atoms with Gasteiger partial charge in [-0.1, -0.05) is 6.07 Å². The number of rotatable bonds is 6. The molecule has 1 rings (SSSR count). The molecule has 0 saturated carbocycles. The van der Waals surface area contributed by atoms with Crippen molar-refractivity contribution in [2.24, 2.45) is 10.4 Å². The first-order chi connectivity index (χ1) is 11.2. The molecule has 0 spiro atoms. The minimum absolute atomic E-state index is 0.101. The zero-order valence-electron chi connectivity index (χ0n) is 14.8. The van der Waals surface area contributed by atoms with Crippen LogP contribution in [0.2, 0.25) is 0 Å². The lowest BCUT2D eigenvalue weighted by atomic mass is 9.93. The summed E-state index contributed by atoms with van der Waals surface area (Å²) in [6.07, 6.45) is 0. The number of halogens is 2. The standard InChI is InChI=1S/C17H26F2N4O/c1-6-21-16(22-10-17(3,4)15(24)20-5)23-11(2)12-7-8-13(18)14(19)9-12/h7-9,11H,6,10H2,1-5H3,(H,20,24)(H2,21,22,23). The maximum absolute atomic E-state index is 13.4. The van der Waals surface area contributed by atoms with Crippen molar-refractivity contribution < 1.29 is 13.6 Å². The van der Waals surface area contributed by atoms with Crippen molar-refractivity contribution in [3.05, 3.63) is 35.4 Å². The van der Waals surface area contributed by atoms with Gasteiger partial charge >= 0.3 is 0 Å². The van der Waals surface area contributed by atoms with Gasteiger partial charge in [0.25, 0.3) is 0 Å². The SMILES string of the molecule is CCNC(=NCC(C)(C)C(=O)NC)NC(C)c1ccc(F)c(F)c1. The molecule has 0 aliphatic heterocycles. The molecule has 1 amide bonds. The Morgan fingerprint density at radius 3 is 2.50 bits per heavy atom. The number of hydrogen-bond donors (Lipinski definition) is 3. The first-order valence-corrected chi connectivity index (χ1v) is 7.93. The molecule has 24 heavy (non-hydrogen) atoms. The minimum atomic E-state index is -0.885. The molecule has 0 aliphatic rings. The van der Waals surface area contributed by atoms with E-state index in [4.69, 9.17) is 0 Å². The van der Waals surface area contributed by atoms with Crippen molar-refractivity contribution in [2.45, 2.75) is 33.7 Å². The van der Waals surface area contributed by atoms with Gasteiger partial charge in [-0.2, -0.15) is 0 Å². The lowest BCUT2D eigenvalue weighted by molar-refractivity contribution is -0.128. The average Bonchev–Trinajstić information content (AvgIpc) is 2.54. The van der Waals surface area contributed by atoms with Crippen LogP contribution >= 0.6 is 0 Å². The van der Waals surface area contributed by atoms with Gasteiger partial charge in [-0.25, -0.2) is 8.78 Å². The van der Waals surface area contributed by atoms with E-state index in [1.165, 1.54) is 6.07 Å². The maximum Gasteiger partial charge on any atom is 0.227 e. The lowest BCUT2D eigenvalue weighted by Crippen LogP contribution is -2.41. The lowest BCUT2D eigenvalue weighted by Gasteiger charge is -2.22. The summed E-state index contributed by atoms with van der Waals surface area (Å²) in [6.45, 7) is 8.27. The van der Waals surface area contributed by atoms with E-state index in [9.17, 15) is 13.6 Å². The van der Waals surface area contributed by atoms with Gasteiger partial charge < -0.3 is 16.0 Å². The van der Waals surface area contributed by atoms with Crippen LogP contribution in [0.5, 0.6) is 0 Å². The zero-order chi connectivity index (χ0) is 18.3. The largest absolute Gasteiger partial charge is 0.359 e. The van der Waals surface area contributed by atoms with Gasteiger partial charge in [0.2, 0.25) is 5.91 Å². The molecule has 1 aromatic carbocycles. The molecule has 0 fully saturated rings. The molecule has 1 unspecified atom stereocenters. The molecule has 0 heterocycles. The monoisotopic (exact) mass is 340 g/mol.